The molecule has 0 atom stereocenters. The van der Waals surface area contributed by atoms with Crippen LogP contribution in [0.3, 0.4) is 0 Å². The topological polar surface area (TPSA) is 55.1 Å². The molecular formula is C12H14N2O2S. The zero-order chi connectivity index (χ0) is 12.0. The molecule has 1 aliphatic carbocycles. The van der Waals surface area contributed by atoms with Crippen molar-refractivity contribution in [3.8, 4) is 0 Å². The van der Waals surface area contributed by atoms with Crippen LogP contribution in [-0.2, 0) is 7.05 Å². The number of nitrogens with zero attached hydrogens (tertiary/aromatic N) is 2. The fourth-order valence-electron chi connectivity index (χ4n) is 2.70. The number of imidazole rings is 1. The molecule has 1 N–H and O–H groups in total. The first kappa shape index (κ1) is 10.8. The van der Waals surface area contributed by atoms with Gasteiger partial charge in [0.1, 0.15) is 16.2 Å². The van der Waals surface area contributed by atoms with Crippen LogP contribution in [0.25, 0.3) is 11.0 Å². The normalized spacial score (nSPS) is 17.0. The lowest BCUT2D eigenvalue weighted by molar-refractivity contribution is 0.0704. The summed E-state index contributed by atoms with van der Waals surface area (Å²) < 4.78 is 2.06. The molecule has 1 saturated carbocycles. The number of carboxylic acids is 1. The molecule has 1 fully saturated rings. The van der Waals surface area contributed by atoms with Crippen molar-refractivity contribution in [3.63, 3.8) is 0 Å². The molecule has 2 aromatic rings. The van der Waals surface area contributed by atoms with Gasteiger partial charge >= 0.3 is 5.97 Å². The van der Waals surface area contributed by atoms with E-state index < -0.39 is 5.97 Å². The predicted molar refractivity (Wildman–Crippen MR) is 66.8 cm³/mol. The summed E-state index contributed by atoms with van der Waals surface area (Å²) in [5, 5.41) is 11.0. The van der Waals surface area contributed by atoms with Crippen LogP contribution < -0.4 is 0 Å². The van der Waals surface area contributed by atoms with Gasteiger partial charge in [-0.2, -0.15) is 0 Å². The van der Waals surface area contributed by atoms with Gasteiger partial charge in [-0.15, -0.1) is 11.3 Å². The van der Waals surface area contributed by atoms with Crippen LogP contribution in [0.5, 0.6) is 0 Å². The molecule has 2 aromatic heterocycles. The van der Waals surface area contributed by atoms with Crippen molar-refractivity contribution in [2.24, 2.45) is 7.05 Å². The number of carboxylic acid groups (broad SMARTS) is 1. The molecular weight excluding hydrogens is 236 g/mol. The highest BCUT2D eigenvalue weighted by atomic mass is 32.1. The number of hydrogen-bond donors (Lipinski definition) is 1. The molecule has 0 aliphatic heterocycles. The maximum atomic E-state index is 11.1. The summed E-state index contributed by atoms with van der Waals surface area (Å²) in [5.41, 5.74) is 1.61. The van der Waals surface area contributed by atoms with Crippen LogP contribution in [0.15, 0.2) is 5.38 Å². The van der Waals surface area contributed by atoms with Gasteiger partial charge in [0.05, 0.1) is 5.52 Å². The minimum absolute atomic E-state index is 0.361. The molecule has 1 aliphatic rings. The highest BCUT2D eigenvalue weighted by Crippen LogP contribution is 2.36. The molecule has 2 heterocycles. The van der Waals surface area contributed by atoms with E-state index in [4.69, 9.17) is 5.11 Å². The second-order valence-corrected chi connectivity index (χ2v) is 5.49. The van der Waals surface area contributed by atoms with Gasteiger partial charge in [-0.1, -0.05) is 12.8 Å². The Morgan fingerprint density at radius 2 is 2.24 bits per heavy atom. The van der Waals surface area contributed by atoms with Gasteiger partial charge in [-0.05, 0) is 12.8 Å². The number of hydrogen-bond acceptors (Lipinski definition) is 3. The number of rotatable bonds is 2. The molecule has 0 saturated heterocycles. The van der Waals surface area contributed by atoms with Gasteiger partial charge in [0.15, 0.2) is 0 Å². The number of thiophene rings is 1. The van der Waals surface area contributed by atoms with E-state index >= 15 is 0 Å². The van der Waals surface area contributed by atoms with E-state index in [1.54, 1.807) is 0 Å². The SMILES string of the molecule is Cn1c(C2CCCC2)nc2c(C(=O)O)scc21. The lowest BCUT2D eigenvalue weighted by Crippen LogP contribution is -2.02. The largest absolute Gasteiger partial charge is 0.477 e. The molecule has 3 rings (SSSR count). The van der Waals surface area contributed by atoms with Crippen LogP contribution in [0, 0.1) is 0 Å². The zero-order valence-corrected chi connectivity index (χ0v) is 10.5. The Morgan fingerprint density at radius 3 is 2.88 bits per heavy atom. The Balaban J connectivity index is 2.14. The summed E-state index contributed by atoms with van der Waals surface area (Å²) in [5.74, 6) is 0.697. The first-order valence-corrected chi connectivity index (χ1v) is 6.73. The van der Waals surface area contributed by atoms with Crippen LogP contribution in [0.2, 0.25) is 0 Å². The van der Waals surface area contributed by atoms with Gasteiger partial charge in [0.25, 0.3) is 0 Å². The van der Waals surface area contributed by atoms with Gasteiger partial charge in [0.2, 0.25) is 0 Å². The summed E-state index contributed by atoms with van der Waals surface area (Å²) in [7, 11) is 1.99. The van der Waals surface area contributed by atoms with Crippen molar-refractivity contribution < 1.29 is 9.90 Å². The van der Waals surface area contributed by atoms with Crippen molar-refractivity contribution in [1.82, 2.24) is 9.55 Å². The van der Waals surface area contributed by atoms with Gasteiger partial charge in [-0.25, -0.2) is 9.78 Å². The van der Waals surface area contributed by atoms with E-state index in [2.05, 4.69) is 9.55 Å². The fraction of sp³-hybridized carbons (Fsp3) is 0.500. The average molecular weight is 250 g/mol. The van der Waals surface area contributed by atoms with Crippen molar-refractivity contribution in [2.45, 2.75) is 31.6 Å². The number of aromatic carboxylic acids is 1. The standard InChI is InChI=1S/C12H14N2O2S/c1-14-8-6-17-10(12(15)16)9(8)13-11(14)7-4-2-3-5-7/h6-7H,2-5H2,1H3,(H,15,16). The third-order valence-electron chi connectivity index (χ3n) is 3.59. The molecule has 0 unspecified atom stereocenters. The summed E-state index contributed by atoms with van der Waals surface area (Å²) in [6, 6.07) is 0. The highest BCUT2D eigenvalue weighted by Gasteiger charge is 2.25. The Morgan fingerprint density at radius 1 is 1.53 bits per heavy atom. The monoisotopic (exact) mass is 250 g/mol. The first-order chi connectivity index (χ1) is 8.18. The van der Waals surface area contributed by atoms with Crippen LogP contribution in [-0.4, -0.2) is 20.6 Å². The highest BCUT2D eigenvalue weighted by molar-refractivity contribution is 7.13. The Kier molecular flexibility index (Phi) is 2.43. The number of aromatic nitrogens is 2. The summed E-state index contributed by atoms with van der Waals surface area (Å²) >= 11 is 1.26. The third-order valence-corrected chi connectivity index (χ3v) is 4.54. The lowest BCUT2D eigenvalue weighted by Gasteiger charge is -2.08. The van der Waals surface area contributed by atoms with E-state index in [1.165, 1.54) is 37.0 Å². The van der Waals surface area contributed by atoms with Crippen LogP contribution >= 0.6 is 11.3 Å². The van der Waals surface area contributed by atoms with Crippen LogP contribution in [0.1, 0.15) is 47.1 Å². The van der Waals surface area contributed by atoms with Gasteiger partial charge in [-0.3, -0.25) is 0 Å². The molecule has 0 bridgehead atoms. The Hall–Kier alpha value is -1.36. The molecule has 90 valence electrons. The van der Waals surface area contributed by atoms with E-state index in [-0.39, 0.29) is 0 Å². The summed E-state index contributed by atoms with van der Waals surface area (Å²) in [6.07, 6.45) is 4.88. The second-order valence-electron chi connectivity index (χ2n) is 4.61. The first-order valence-electron chi connectivity index (χ1n) is 5.85. The quantitative estimate of drug-likeness (QED) is 0.891. The summed E-state index contributed by atoms with van der Waals surface area (Å²) in [6.45, 7) is 0. The Bertz CT molecular complexity index is 579. The minimum Gasteiger partial charge on any atom is -0.477 e. The summed E-state index contributed by atoms with van der Waals surface area (Å²) in [4.78, 5) is 16.0. The fourth-order valence-corrected chi connectivity index (χ4v) is 3.56. The number of carbonyl (C=O) groups is 1. The molecule has 0 amide bonds. The smallest absolute Gasteiger partial charge is 0.348 e. The van der Waals surface area contributed by atoms with Gasteiger partial charge < -0.3 is 9.67 Å². The molecule has 17 heavy (non-hydrogen) atoms. The minimum atomic E-state index is -0.874. The maximum Gasteiger partial charge on any atom is 0.348 e. The van der Waals surface area contributed by atoms with Gasteiger partial charge in [0, 0.05) is 18.3 Å². The zero-order valence-electron chi connectivity index (χ0n) is 9.64. The second kappa shape index (κ2) is 3.84. The Labute approximate surface area is 103 Å². The van der Waals surface area contributed by atoms with Crippen molar-refractivity contribution in [3.05, 3.63) is 16.1 Å². The van der Waals surface area contributed by atoms with E-state index in [9.17, 15) is 4.79 Å². The van der Waals surface area contributed by atoms with E-state index in [0.717, 1.165) is 11.3 Å². The molecule has 4 nitrogen and oxygen atoms in total. The lowest BCUT2D eigenvalue weighted by atomic mass is 10.1. The third kappa shape index (κ3) is 1.57. The van der Waals surface area contributed by atoms with E-state index in [0.29, 0.717) is 16.3 Å². The predicted octanol–water partition coefficient (Wildman–Crippen LogP) is 2.99. The number of aryl methyl sites for hydroxylation is 1. The van der Waals surface area contributed by atoms with E-state index in [1.807, 2.05) is 12.4 Å². The van der Waals surface area contributed by atoms with Crippen LogP contribution in [0.4, 0.5) is 0 Å². The molecule has 0 aromatic carbocycles. The van der Waals surface area contributed by atoms with Crippen molar-refractivity contribution >= 4 is 28.3 Å². The average Bonchev–Trinajstić information content (AvgIpc) is 2.95. The van der Waals surface area contributed by atoms with Crippen molar-refractivity contribution in [1.29, 1.82) is 0 Å². The number of fused-ring (bicyclic) bond motifs is 1. The molecule has 5 heteroatoms. The maximum absolute atomic E-state index is 11.1. The van der Waals surface area contributed by atoms with Crippen molar-refractivity contribution in [2.75, 3.05) is 0 Å². The molecule has 0 radical (unpaired) electrons. The molecule has 0 spiro atoms.